The molecule has 3 rings (SSSR count). The molecule has 0 radical (unpaired) electrons. The first-order chi connectivity index (χ1) is 11.5. The number of hydrogen-bond acceptors (Lipinski definition) is 6. The summed E-state index contributed by atoms with van der Waals surface area (Å²) >= 11 is 0. The lowest BCUT2D eigenvalue weighted by molar-refractivity contribution is -0.384. The molecule has 1 aliphatic heterocycles. The standard InChI is InChI=1S/C16H22N6O2/c1-12-14(13(2)19(3)18-12)11-20-7-9-21(10-8-20)16-15(22(23)24)5-4-6-17-16/h4-6H,7-11H2,1-3H3. The molecule has 0 bridgehead atoms. The van der Waals surface area contributed by atoms with Crippen LogP contribution < -0.4 is 4.90 Å². The smallest absolute Gasteiger partial charge is 0.311 e. The molecule has 2 aromatic heterocycles. The summed E-state index contributed by atoms with van der Waals surface area (Å²) in [4.78, 5) is 19.4. The molecule has 1 saturated heterocycles. The third-order valence-electron chi connectivity index (χ3n) is 4.68. The van der Waals surface area contributed by atoms with Crippen molar-refractivity contribution in [2.45, 2.75) is 20.4 Å². The van der Waals surface area contributed by atoms with Gasteiger partial charge < -0.3 is 4.90 Å². The van der Waals surface area contributed by atoms with E-state index in [1.165, 1.54) is 17.3 Å². The monoisotopic (exact) mass is 330 g/mol. The Hall–Kier alpha value is -2.48. The van der Waals surface area contributed by atoms with Crippen LogP contribution in [0.3, 0.4) is 0 Å². The summed E-state index contributed by atoms with van der Waals surface area (Å²) in [7, 11) is 1.96. The first kappa shape index (κ1) is 16.4. The van der Waals surface area contributed by atoms with E-state index in [2.05, 4.69) is 21.9 Å². The Balaban J connectivity index is 1.67. The average Bonchev–Trinajstić information content (AvgIpc) is 2.82. The zero-order valence-electron chi connectivity index (χ0n) is 14.3. The highest BCUT2D eigenvalue weighted by molar-refractivity contribution is 5.57. The second kappa shape index (κ2) is 6.56. The van der Waals surface area contributed by atoms with Crippen molar-refractivity contribution in [2.24, 2.45) is 7.05 Å². The summed E-state index contributed by atoms with van der Waals surface area (Å²) in [6, 6.07) is 3.11. The first-order valence-corrected chi connectivity index (χ1v) is 8.03. The topological polar surface area (TPSA) is 80.3 Å². The van der Waals surface area contributed by atoms with Crippen molar-refractivity contribution in [3.8, 4) is 0 Å². The van der Waals surface area contributed by atoms with Crippen molar-refractivity contribution in [1.82, 2.24) is 19.7 Å². The van der Waals surface area contributed by atoms with Crippen molar-refractivity contribution in [3.05, 3.63) is 45.4 Å². The lowest BCUT2D eigenvalue weighted by atomic mass is 10.1. The van der Waals surface area contributed by atoms with Gasteiger partial charge in [-0.25, -0.2) is 4.98 Å². The van der Waals surface area contributed by atoms with E-state index in [9.17, 15) is 10.1 Å². The Bertz CT molecular complexity index is 749. The van der Waals surface area contributed by atoms with Crippen molar-refractivity contribution in [3.63, 3.8) is 0 Å². The van der Waals surface area contributed by atoms with E-state index in [-0.39, 0.29) is 10.6 Å². The highest BCUT2D eigenvalue weighted by Crippen LogP contribution is 2.26. The van der Waals surface area contributed by atoms with Gasteiger partial charge in [0.05, 0.1) is 10.6 Å². The van der Waals surface area contributed by atoms with Gasteiger partial charge in [-0.05, 0) is 19.9 Å². The Labute approximate surface area is 140 Å². The zero-order valence-corrected chi connectivity index (χ0v) is 14.3. The molecule has 1 aliphatic rings. The van der Waals surface area contributed by atoms with E-state index in [4.69, 9.17) is 0 Å². The molecule has 0 spiro atoms. The summed E-state index contributed by atoms with van der Waals surface area (Å²) in [5, 5.41) is 15.6. The summed E-state index contributed by atoms with van der Waals surface area (Å²) in [6.07, 6.45) is 1.61. The van der Waals surface area contributed by atoms with Crippen molar-refractivity contribution >= 4 is 11.5 Å². The Morgan fingerprint density at radius 1 is 1.25 bits per heavy atom. The van der Waals surface area contributed by atoms with Crippen LogP contribution in [0.2, 0.25) is 0 Å². The molecule has 8 heteroatoms. The summed E-state index contributed by atoms with van der Waals surface area (Å²) in [5.74, 6) is 0.468. The quantitative estimate of drug-likeness (QED) is 0.626. The van der Waals surface area contributed by atoms with Crippen LogP contribution in [-0.4, -0.2) is 50.8 Å². The number of aromatic nitrogens is 3. The first-order valence-electron chi connectivity index (χ1n) is 8.03. The molecule has 0 N–H and O–H groups in total. The minimum atomic E-state index is -0.364. The molecule has 2 aromatic rings. The zero-order chi connectivity index (χ0) is 17.3. The van der Waals surface area contributed by atoms with Gasteiger partial charge in [0.2, 0.25) is 5.82 Å². The number of nitrogens with zero attached hydrogens (tertiary/aromatic N) is 6. The van der Waals surface area contributed by atoms with Gasteiger partial charge in [0.25, 0.3) is 0 Å². The highest BCUT2D eigenvalue weighted by atomic mass is 16.6. The van der Waals surface area contributed by atoms with Gasteiger partial charge in [0.1, 0.15) is 0 Å². The molecular weight excluding hydrogens is 308 g/mol. The summed E-state index contributed by atoms with van der Waals surface area (Å²) < 4.78 is 1.91. The average molecular weight is 330 g/mol. The third kappa shape index (κ3) is 3.09. The molecular formula is C16H22N6O2. The molecule has 0 saturated carbocycles. The van der Waals surface area contributed by atoms with Crippen LogP contribution in [0.5, 0.6) is 0 Å². The van der Waals surface area contributed by atoms with Crippen LogP contribution in [0, 0.1) is 24.0 Å². The SMILES string of the molecule is Cc1nn(C)c(C)c1CN1CCN(c2ncccc2[N+](=O)[O-])CC1. The molecule has 24 heavy (non-hydrogen) atoms. The maximum Gasteiger partial charge on any atom is 0.311 e. The fraction of sp³-hybridized carbons (Fsp3) is 0.500. The van der Waals surface area contributed by atoms with Crippen LogP contribution >= 0.6 is 0 Å². The maximum absolute atomic E-state index is 11.2. The molecule has 128 valence electrons. The molecule has 0 amide bonds. The number of aryl methyl sites for hydroxylation is 2. The minimum Gasteiger partial charge on any atom is -0.348 e. The number of rotatable bonds is 4. The minimum absolute atomic E-state index is 0.0740. The fourth-order valence-corrected chi connectivity index (χ4v) is 3.16. The van der Waals surface area contributed by atoms with Gasteiger partial charge in [-0.3, -0.25) is 19.7 Å². The normalized spacial score (nSPS) is 15.7. The molecule has 0 atom stereocenters. The van der Waals surface area contributed by atoms with Crippen LogP contribution in [0.1, 0.15) is 17.0 Å². The van der Waals surface area contributed by atoms with Gasteiger partial charge in [0, 0.05) is 63.3 Å². The number of pyridine rings is 1. The van der Waals surface area contributed by atoms with E-state index in [0.717, 1.165) is 38.4 Å². The molecule has 8 nitrogen and oxygen atoms in total. The number of piperazine rings is 1. The summed E-state index contributed by atoms with van der Waals surface area (Å²) in [6.45, 7) is 8.15. The Morgan fingerprint density at radius 2 is 1.96 bits per heavy atom. The van der Waals surface area contributed by atoms with Gasteiger partial charge in [-0.2, -0.15) is 5.10 Å². The second-order valence-corrected chi connectivity index (χ2v) is 6.14. The van der Waals surface area contributed by atoms with Crippen LogP contribution in [0.4, 0.5) is 11.5 Å². The van der Waals surface area contributed by atoms with Gasteiger partial charge >= 0.3 is 5.69 Å². The van der Waals surface area contributed by atoms with Crippen LogP contribution in [0.25, 0.3) is 0 Å². The third-order valence-corrected chi connectivity index (χ3v) is 4.68. The van der Waals surface area contributed by atoms with Gasteiger partial charge in [0.15, 0.2) is 0 Å². The number of anilines is 1. The van der Waals surface area contributed by atoms with E-state index >= 15 is 0 Å². The van der Waals surface area contributed by atoms with Crippen molar-refractivity contribution in [2.75, 3.05) is 31.1 Å². The maximum atomic E-state index is 11.2. The molecule has 0 unspecified atom stereocenters. The van der Waals surface area contributed by atoms with E-state index in [1.54, 1.807) is 12.3 Å². The van der Waals surface area contributed by atoms with E-state index in [1.807, 2.05) is 23.6 Å². The lowest BCUT2D eigenvalue weighted by Crippen LogP contribution is -2.46. The number of nitro groups is 1. The Morgan fingerprint density at radius 3 is 2.54 bits per heavy atom. The summed E-state index contributed by atoms with van der Waals surface area (Å²) in [5.41, 5.74) is 3.60. The second-order valence-electron chi connectivity index (χ2n) is 6.14. The van der Waals surface area contributed by atoms with E-state index < -0.39 is 0 Å². The van der Waals surface area contributed by atoms with Crippen molar-refractivity contribution in [1.29, 1.82) is 0 Å². The van der Waals surface area contributed by atoms with Crippen LogP contribution in [-0.2, 0) is 13.6 Å². The molecule has 1 fully saturated rings. The fourth-order valence-electron chi connectivity index (χ4n) is 3.16. The van der Waals surface area contributed by atoms with Gasteiger partial charge in [-0.15, -0.1) is 0 Å². The Kier molecular flexibility index (Phi) is 4.48. The molecule has 3 heterocycles. The van der Waals surface area contributed by atoms with Gasteiger partial charge in [-0.1, -0.05) is 0 Å². The lowest BCUT2D eigenvalue weighted by Gasteiger charge is -2.35. The molecule has 0 aromatic carbocycles. The number of hydrogen-bond donors (Lipinski definition) is 0. The van der Waals surface area contributed by atoms with Crippen molar-refractivity contribution < 1.29 is 4.92 Å². The van der Waals surface area contributed by atoms with E-state index in [0.29, 0.717) is 5.82 Å². The predicted octanol–water partition coefficient (Wildman–Crippen LogP) is 1.66. The molecule has 0 aliphatic carbocycles. The highest BCUT2D eigenvalue weighted by Gasteiger charge is 2.25. The predicted molar refractivity (Wildman–Crippen MR) is 91.1 cm³/mol. The largest absolute Gasteiger partial charge is 0.348 e. The van der Waals surface area contributed by atoms with Crippen LogP contribution in [0.15, 0.2) is 18.3 Å².